The number of aromatic carboxylic acids is 1. The van der Waals surface area contributed by atoms with Crippen molar-refractivity contribution in [1.82, 2.24) is 0 Å². The summed E-state index contributed by atoms with van der Waals surface area (Å²) in [5.74, 6) is -1.26. The highest BCUT2D eigenvalue weighted by Gasteiger charge is 2.24. The fraction of sp³-hybridized carbons (Fsp3) is 0.355. The van der Waals surface area contributed by atoms with Gasteiger partial charge in [-0.1, -0.05) is 75.2 Å². The third-order valence-electron chi connectivity index (χ3n) is 6.89. The van der Waals surface area contributed by atoms with Gasteiger partial charge in [0.15, 0.2) is 0 Å². The van der Waals surface area contributed by atoms with E-state index in [4.69, 9.17) is 4.74 Å². The van der Waals surface area contributed by atoms with Gasteiger partial charge in [-0.2, -0.15) is 0 Å². The number of benzene rings is 3. The molecule has 4 nitrogen and oxygen atoms in total. The van der Waals surface area contributed by atoms with Crippen molar-refractivity contribution in [2.75, 3.05) is 0 Å². The van der Waals surface area contributed by atoms with E-state index in [1.807, 2.05) is 36.4 Å². The number of carboxylic acids is 1. The highest BCUT2D eigenvalue weighted by Crippen LogP contribution is 2.40. The highest BCUT2D eigenvalue weighted by atomic mass is 16.5. The molecule has 0 heterocycles. The Hall–Kier alpha value is -3.40. The number of hydrogen-bond acceptors (Lipinski definition) is 3. The number of rotatable bonds is 8. The van der Waals surface area contributed by atoms with Crippen molar-refractivity contribution in [2.45, 2.75) is 71.3 Å². The lowest BCUT2D eigenvalue weighted by atomic mass is 9.84. The Bertz CT molecular complexity index is 1200. The lowest BCUT2D eigenvalue weighted by Crippen LogP contribution is -2.21. The molecule has 1 aliphatic carbocycles. The molecule has 0 bridgehead atoms. The van der Waals surface area contributed by atoms with Crippen LogP contribution in [-0.2, 0) is 17.6 Å². The van der Waals surface area contributed by atoms with Gasteiger partial charge in [0, 0.05) is 0 Å². The molecule has 1 aliphatic rings. The molecule has 3 aromatic rings. The van der Waals surface area contributed by atoms with Crippen LogP contribution in [0.4, 0.5) is 0 Å². The van der Waals surface area contributed by atoms with Gasteiger partial charge in [0.2, 0.25) is 0 Å². The Labute approximate surface area is 208 Å². The Morgan fingerprint density at radius 1 is 0.857 bits per heavy atom. The van der Waals surface area contributed by atoms with Gasteiger partial charge in [-0.3, -0.25) is 0 Å². The summed E-state index contributed by atoms with van der Waals surface area (Å²) in [4.78, 5) is 25.5. The minimum atomic E-state index is -0.963. The van der Waals surface area contributed by atoms with E-state index in [0.29, 0.717) is 11.1 Å². The predicted molar refractivity (Wildman–Crippen MR) is 140 cm³/mol. The van der Waals surface area contributed by atoms with E-state index in [1.165, 1.54) is 12.0 Å². The molecular formula is C31H34O4. The highest BCUT2D eigenvalue weighted by molar-refractivity contribution is 6.03. The van der Waals surface area contributed by atoms with Crippen molar-refractivity contribution >= 4 is 11.9 Å². The molecule has 1 saturated carbocycles. The van der Waals surface area contributed by atoms with Crippen LogP contribution >= 0.6 is 0 Å². The van der Waals surface area contributed by atoms with Crippen molar-refractivity contribution in [1.29, 1.82) is 0 Å². The van der Waals surface area contributed by atoms with Gasteiger partial charge in [-0.15, -0.1) is 0 Å². The molecule has 1 fully saturated rings. The van der Waals surface area contributed by atoms with E-state index in [1.54, 1.807) is 12.1 Å². The Kier molecular flexibility index (Phi) is 8.02. The van der Waals surface area contributed by atoms with Gasteiger partial charge < -0.3 is 9.84 Å². The standard InChI is InChI=1S/C31H34O4/c1-3-12-21-19-22(4-2)29(28(20-21)24-15-8-10-17-26(24)30(32)33)25-16-9-11-18-27(25)31(34)35-23-13-6-5-7-14-23/h8-11,15-20,23H,3-7,12-14H2,1-2H3,(H,32,33). The van der Waals surface area contributed by atoms with E-state index in [-0.39, 0.29) is 17.6 Å². The minimum absolute atomic E-state index is 0.0333. The number of esters is 1. The number of aryl methyl sites for hydroxylation is 2. The summed E-state index contributed by atoms with van der Waals surface area (Å²) in [7, 11) is 0. The number of hydrogen-bond donors (Lipinski definition) is 1. The zero-order valence-corrected chi connectivity index (χ0v) is 20.7. The number of ether oxygens (including phenoxy) is 1. The quantitative estimate of drug-likeness (QED) is 0.342. The second-order valence-corrected chi connectivity index (χ2v) is 9.34. The zero-order valence-electron chi connectivity index (χ0n) is 20.7. The first kappa shape index (κ1) is 24.7. The summed E-state index contributed by atoms with van der Waals surface area (Å²) < 4.78 is 5.95. The maximum absolute atomic E-state index is 13.4. The van der Waals surface area contributed by atoms with E-state index in [2.05, 4.69) is 26.0 Å². The molecule has 0 aliphatic heterocycles. The summed E-state index contributed by atoms with van der Waals surface area (Å²) in [5, 5.41) is 9.94. The van der Waals surface area contributed by atoms with Crippen LogP contribution in [-0.4, -0.2) is 23.1 Å². The van der Waals surface area contributed by atoms with E-state index in [0.717, 1.165) is 67.2 Å². The van der Waals surface area contributed by atoms with Gasteiger partial charge in [0.1, 0.15) is 6.10 Å². The lowest BCUT2D eigenvalue weighted by molar-refractivity contribution is 0.0212. The predicted octanol–water partition coefficient (Wildman–Crippen LogP) is 7.72. The summed E-state index contributed by atoms with van der Waals surface area (Å²) in [6.07, 6.45) is 7.83. The van der Waals surface area contributed by atoms with Crippen molar-refractivity contribution < 1.29 is 19.4 Å². The molecule has 35 heavy (non-hydrogen) atoms. The summed E-state index contributed by atoms with van der Waals surface area (Å²) >= 11 is 0. The fourth-order valence-corrected chi connectivity index (χ4v) is 5.19. The first-order chi connectivity index (χ1) is 17.0. The van der Waals surface area contributed by atoms with Crippen LogP contribution in [0.1, 0.15) is 84.2 Å². The molecule has 0 aromatic heterocycles. The SMILES string of the molecule is CCCc1cc(CC)c(-c2ccccc2C(=O)OC2CCCCC2)c(-c2ccccc2C(=O)O)c1. The zero-order chi connectivity index (χ0) is 24.8. The molecule has 0 unspecified atom stereocenters. The molecule has 0 radical (unpaired) electrons. The van der Waals surface area contributed by atoms with Crippen LogP contribution < -0.4 is 0 Å². The van der Waals surface area contributed by atoms with Crippen molar-refractivity contribution in [3.05, 3.63) is 82.9 Å². The molecular weight excluding hydrogens is 436 g/mol. The molecule has 182 valence electrons. The topological polar surface area (TPSA) is 63.6 Å². The van der Waals surface area contributed by atoms with E-state index >= 15 is 0 Å². The van der Waals surface area contributed by atoms with E-state index < -0.39 is 5.97 Å². The van der Waals surface area contributed by atoms with Crippen molar-refractivity contribution in [2.24, 2.45) is 0 Å². The maximum Gasteiger partial charge on any atom is 0.339 e. The summed E-state index contributed by atoms with van der Waals surface area (Å²) in [6, 6.07) is 19.0. The van der Waals surface area contributed by atoms with Crippen LogP contribution in [0.3, 0.4) is 0 Å². The van der Waals surface area contributed by atoms with Gasteiger partial charge in [0.05, 0.1) is 11.1 Å². The molecule has 3 aromatic carbocycles. The van der Waals surface area contributed by atoms with Gasteiger partial charge in [-0.05, 0) is 84.0 Å². The van der Waals surface area contributed by atoms with Gasteiger partial charge >= 0.3 is 11.9 Å². The van der Waals surface area contributed by atoms with Gasteiger partial charge in [0.25, 0.3) is 0 Å². The smallest absolute Gasteiger partial charge is 0.339 e. The third-order valence-corrected chi connectivity index (χ3v) is 6.89. The van der Waals surface area contributed by atoms with E-state index in [9.17, 15) is 14.7 Å². The number of carboxylic acid groups (broad SMARTS) is 1. The first-order valence-electron chi connectivity index (χ1n) is 12.8. The summed E-state index contributed by atoms with van der Waals surface area (Å²) in [6.45, 7) is 4.24. The van der Waals surface area contributed by atoms with Crippen molar-refractivity contribution in [3.63, 3.8) is 0 Å². The average molecular weight is 471 g/mol. The van der Waals surface area contributed by atoms with Crippen LogP contribution in [0.25, 0.3) is 22.3 Å². The monoisotopic (exact) mass is 470 g/mol. The second kappa shape index (κ2) is 11.4. The Morgan fingerprint density at radius 3 is 2.17 bits per heavy atom. The average Bonchev–Trinajstić information content (AvgIpc) is 2.89. The normalized spacial score (nSPS) is 14.0. The molecule has 4 heteroatoms. The first-order valence-corrected chi connectivity index (χ1v) is 12.8. The van der Waals surface area contributed by atoms with Crippen LogP contribution in [0.5, 0.6) is 0 Å². The molecule has 0 amide bonds. The summed E-state index contributed by atoms with van der Waals surface area (Å²) in [5.41, 5.74) is 6.29. The second-order valence-electron chi connectivity index (χ2n) is 9.34. The minimum Gasteiger partial charge on any atom is -0.478 e. The maximum atomic E-state index is 13.4. The largest absolute Gasteiger partial charge is 0.478 e. The third kappa shape index (κ3) is 5.48. The molecule has 0 spiro atoms. The van der Waals surface area contributed by atoms with Crippen molar-refractivity contribution in [3.8, 4) is 22.3 Å². The number of carbonyl (C=O) groups excluding carboxylic acids is 1. The Balaban J connectivity index is 1.91. The van der Waals surface area contributed by atoms with Gasteiger partial charge in [-0.25, -0.2) is 9.59 Å². The molecule has 1 N–H and O–H groups in total. The molecule has 0 saturated heterocycles. The fourth-order valence-electron chi connectivity index (χ4n) is 5.19. The lowest BCUT2D eigenvalue weighted by Gasteiger charge is -2.23. The van der Waals surface area contributed by atoms with Crippen LogP contribution in [0, 0.1) is 0 Å². The number of carbonyl (C=O) groups is 2. The molecule has 0 atom stereocenters. The van der Waals surface area contributed by atoms with Crippen LogP contribution in [0.15, 0.2) is 60.7 Å². The Morgan fingerprint density at radius 2 is 1.51 bits per heavy atom. The van der Waals surface area contributed by atoms with Crippen LogP contribution in [0.2, 0.25) is 0 Å². The molecule has 4 rings (SSSR count).